The highest BCUT2D eigenvalue weighted by Crippen LogP contribution is 2.22. The molecule has 0 aliphatic heterocycles. The van der Waals surface area contributed by atoms with Crippen LogP contribution in [-0.4, -0.2) is 33.5 Å². The summed E-state index contributed by atoms with van der Waals surface area (Å²) in [5, 5.41) is 17.2. The number of carbonyl (C=O) groups is 1. The number of rotatable bonds is 7. The average Bonchev–Trinajstić information content (AvgIpc) is 2.71. The number of amides is 1. The molecule has 1 rings (SSSR count). The van der Waals surface area contributed by atoms with Gasteiger partial charge in [0.05, 0.1) is 24.9 Å². The molecule has 1 atom stereocenters. The topological polar surface area (TPSA) is 76.4 Å². The van der Waals surface area contributed by atoms with Crippen molar-refractivity contribution in [1.82, 2.24) is 15.1 Å². The summed E-state index contributed by atoms with van der Waals surface area (Å²) in [6, 6.07) is 0. The van der Waals surface area contributed by atoms with E-state index in [-0.39, 0.29) is 5.91 Å². The molecular formula is C14H25N3O3. The fraction of sp³-hybridized carbons (Fsp3) is 0.714. The molecule has 6 heteroatoms. The molecule has 0 aliphatic rings. The largest absolute Gasteiger partial charge is 0.481 e. The molecule has 0 spiro atoms. The van der Waals surface area contributed by atoms with Crippen molar-refractivity contribution in [3.05, 3.63) is 11.3 Å². The predicted molar refractivity (Wildman–Crippen MR) is 76.5 cm³/mol. The van der Waals surface area contributed by atoms with Crippen molar-refractivity contribution < 1.29 is 14.6 Å². The molecule has 1 unspecified atom stereocenters. The summed E-state index contributed by atoms with van der Waals surface area (Å²) >= 11 is 0. The second kappa shape index (κ2) is 6.74. The van der Waals surface area contributed by atoms with Crippen LogP contribution in [0.4, 0.5) is 0 Å². The van der Waals surface area contributed by atoms with Crippen molar-refractivity contribution >= 4 is 5.91 Å². The summed E-state index contributed by atoms with van der Waals surface area (Å²) in [5.41, 5.74) is 0.411. The average molecular weight is 283 g/mol. The van der Waals surface area contributed by atoms with Crippen LogP contribution in [0, 0.1) is 0 Å². The van der Waals surface area contributed by atoms with Crippen molar-refractivity contribution in [2.75, 3.05) is 7.11 Å². The Labute approximate surface area is 120 Å². The van der Waals surface area contributed by atoms with E-state index in [4.69, 9.17) is 4.74 Å². The lowest BCUT2D eigenvalue weighted by atomic mass is 9.99. The van der Waals surface area contributed by atoms with Crippen LogP contribution in [0.3, 0.4) is 0 Å². The maximum atomic E-state index is 12.0. The molecular weight excluding hydrogens is 258 g/mol. The Hall–Kier alpha value is -1.56. The van der Waals surface area contributed by atoms with Gasteiger partial charge < -0.3 is 15.2 Å². The third-order valence-corrected chi connectivity index (χ3v) is 3.35. The molecule has 20 heavy (non-hydrogen) atoms. The van der Waals surface area contributed by atoms with Crippen LogP contribution in [0.25, 0.3) is 0 Å². The van der Waals surface area contributed by atoms with Crippen LogP contribution >= 0.6 is 0 Å². The number of hydrogen-bond donors (Lipinski definition) is 2. The molecule has 0 aromatic carbocycles. The van der Waals surface area contributed by atoms with E-state index in [0.717, 1.165) is 24.1 Å². The predicted octanol–water partition coefficient (Wildman–Crippen LogP) is 1.16. The quantitative estimate of drug-likeness (QED) is 0.787. The van der Waals surface area contributed by atoms with Gasteiger partial charge in [0, 0.05) is 7.05 Å². The SMILES string of the molecule is CCCC(C)(O)C(=O)NCc1c(CC)nn(C)c1OC. The van der Waals surface area contributed by atoms with Gasteiger partial charge in [-0.3, -0.25) is 4.79 Å². The molecule has 2 N–H and O–H groups in total. The second-order valence-electron chi connectivity index (χ2n) is 5.12. The molecule has 1 amide bonds. The first-order valence-corrected chi connectivity index (χ1v) is 6.96. The van der Waals surface area contributed by atoms with Crippen LogP contribution in [0.2, 0.25) is 0 Å². The van der Waals surface area contributed by atoms with Crippen LogP contribution in [-0.2, 0) is 24.8 Å². The Morgan fingerprint density at radius 2 is 2.15 bits per heavy atom. The summed E-state index contributed by atoms with van der Waals surface area (Å²) in [6.45, 7) is 5.77. The maximum Gasteiger partial charge on any atom is 0.251 e. The molecule has 0 saturated carbocycles. The number of carbonyl (C=O) groups excluding carboxylic acids is 1. The van der Waals surface area contributed by atoms with Gasteiger partial charge in [-0.1, -0.05) is 20.3 Å². The summed E-state index contributed by atoms with van der Waals surface area (Å²) in [6.07, 6.45) is 1.94. The lowest BCUT2D eigenvalue weighted by Crippen LogP contribution is -2.44. The van der Waals surface area contributed by atoms with Gasteiger partial charge in [-0.2, -0.15) is 5.10 Å². The third kappa shape index (κ3) is 3.50. The second-order valence-corrected chi connectivity index (χ2v) is 5.12. The fourth-order valence-corrected chi connectivity index (χ4v) is 2.28. The number of hydrogen-bond acceptors (Lipinski definition) is 4. The number of methoxy groups -OCH3 is 1. The minimum absolute atomic E-state index is 0.304. The normalized spacial score (nSPS) is 13.9. The van der Waals surface area contributed by atoms with Crippen LogP contribution < -0.4 is 10.1 Å². The van der Waals surface area contributed by atoms with E-state index in [0.29, 0.717) is 18.8 Å². The number of aromatic nitrogens is 2. The number of ether oxygens (including phenoxy) is 1. The Balaban J connectivity index is 2.82. The molecule has 1 heterocycles. The van der Waals surface area contributed by atoms with Crippen LogP contribution in [0.1, 0.15) is 44.9 Å². The van der Waals surface area contributed by atoms with Gasteiger partial charge in [0.2, 0.25) is 5.88 Å². The molecule has 1 aromatic rings. The first-order chi connectivity index (χ1) is 9.37. The number of aryl methyl sites for hydroxylation is 2. The first-order valence-electron chi connectivity index (χ1n) is 6.96. The Morgan fingerprint density at radius 1 is 1.50 bits per heavy atom. The van der Waals surface area contributed by atoms with E-state index in [1.807, 2.05) is 13.8 Å². The lowest BCUT2D eigenvalue weighted by Gasteiger charge is -2.21. The van der Waals surface area contributed by atoms with Crippen LogP contribution in [0.5, 0.6) is 5.88 Å². The third-order valence-electron chi connectivity index (χ3n) is 3.35. The van der Waals surface area contributed by atoms with Gasteiger partial charge in [0.15, 0.2) is 0 Å². The number of nitrogens with zero attached hydrogens (tertiary/aromatic N) is 2. The van der Waals surface area contributed by atoms with E-state index < -0.39 is 5.60 Å². The molecule has 0 aliphatic carbocycles. The number of nitrogens with one attached hydrogen (secondary N) is 1. The van der Waals surface area contributed by atoms with E-state index in [9.17, 15) is 9.90 Å². The Morgan fingerprint density at radius 3 is 2.65 bits per heavy atom. The molecule has 0 bridgehead atoms. The van der Waals surface area contributed by atoms with Gasteiger partial charge in [-0.05, 0) is 19.8 Å². The zero-order valence-corrected chi connectivity index (χ0v) is 13.0. The minimum Gasteiger partial charge on any atom is -0.481 e. The summed E-state index contributed by atoms with van der Waals surface area (Å²) < 4.78 is 6.97. The van der Waals surface area contributed by atoms with Gasteiger partial charge >= 0.3 is 0 Å². The zero-order chi connectivity index (χ0) is 15.3. The highest BCUT2D eigenvalue weighted by Gasteiger charge is 2.29. The summed E-state index contributed by atoms with van der Waals surface area (Å²) in [7, 11) is 3.38. The maximum absolute atomic E-state index is 12.0. The highest BCUT2D eigenvalue weighted by atomic mass is 16.5. The van der Waals surface area contributed by atoms with Gasteiger partial charge in [0.1, 0.15) is 5.60 Å². The van der Waals surface area contributed by atoms with Crippen molar-refractivity contribution in [2.24, 2.45) is 7.05 Å². The van der Waals surface area contributed by atoms with Gasteiger partial charge in [0.25, 0.3) is 5.91 Å². The summed E-state index contributed by atoms with van der Waals surface area (Å²) in [5.74, 6) is 0.268. The molecule has 114 valence electrons. The van der Waals surface area contributed by atoms with Crippen molar-refractivity contribution in [2.45, 2.75) is 52.2 Å². The summed E-state index contributed by atoms with van der Waals surface area (Å²) in [4.78, 5) is 12.0. The molecule has 0 saturated heterocycles. The molecule has 0 radical (unpaired) electrons. The molecule has 6 nitrogen and oxygen atoms in total. The van der Waals surface area contributed by atoms with Crippen molar-refractivity contribution in [3.8, 4) is 5.88 Å². The van der Waals surface area contributed by atoms with E-state index in [1.54, 1.807) is 18.8 Å². The highest BCUT2D eigenvalue weighted by molar-refractivity contribution is 5.84. The standard InChI is InChI=1S/C14H25N3O3/c1-6-8-14(3,19)13(18)15-9-10-11(7-2)16-17(4)12(10)20-5/h19H,6-9H2,1-5H3,(H,15,18). The van der Waals surface area contributed by atoms with Gasteiger partial charge in [-0.15, -0.1) is 0 Å². The van der Waals surface area contributed by atoms with Crippen molar-refractivity contribution in [1.29, 1.82) is 0 Å². The molecule has 1 aromatic heterocycles. The van der Waals surface area contributed by atoms with E-state index >= 15 is 0 Å². The lowest BCUT2D eigenvalue weighted by molar-refractivity contribution is -0.138. The number of aliphatic hydroxyl groups is 1. The minimum atomic E-state index is -1.34. The molecule has 0 fully saturated rings. The van der Waals surface area contributed by atoms with E-state index in [1.165, 1.54) is 6.92 Å². The zero-order valence-electron chi connectivity index (χ0n) is 13.0. The Bertz CT molecular complexity index is 466. The fourth-order valence-electron chi connectivity index (χ4n) is 2.28. The Kier molecular flexibility index (Phi) is 5.56. The smallest absolute Gasteiger partial charge is 0.251 e. The van der Waals surface area contributed by atoms with Crippen LogP contribution in [0.15, 0.2) is 0 Å². The monoisotopic (exact) mass is 283 g/mol. The first kappa shape index (κ1) is 16.5. The van der Waals surface area contributed by atoms with Crippen molar-refractivity contribution in [3.63, 3.8) is 0 Å². The van der Waals surface area contributed by atoms with Gasteiger partial charge in [-0.25, -0.2) is 4.68 Å². The van der Waals surface area contributed by atoms with E-state index in [2.05, 4.69) is 10.4 Å².